The molecule has 1 aliphatic heterocycles. The average Bonchev–Trinajstić information content (AvgIpc) is 2.77. The van der Waals surface area contributed by atoms with Crippen molar-refractivity contribution < 1.29 is 23.1 Å². The third-order valence-electron chi connectivity index (χ3n) is 4.04. The zero-order valence-corrected chi connectivity index (χ0v) is 14.9. The summed E-state index contributed by atoms with van der Waals surface area (Å²) < 4.78 is 32.1. The maximum absolute atomic E-state index is 13.6. The third-order valence-corrected chi connectivity index (χ3v) is 5.28. The molecule has 136 valence electrons. The highest BCUT2D eigenvalue weighted by molar-refractivity contribution is 8.00. The van der Waals surface area contributed by atoms with Crippen LogP contribution in [0, 0.1) is 11.6 Å². The molecule has 0 fully saturated rings. The van der Waals surface area contributed by atoms with E-state index in [-0.39, 0.29) is 0 Å². The number of para-hydroxylation sites is 1. The summed E-state index contributed by atoms with van der Waals surface area (Å²) >= 11 is 1.68. The third kappa shape index (κ3) is 3.88. The van der Waals surface area contributed by atoms with Crippen LogP contribution in [0.5, 0.6) is 0 Å². The number of rotatable bonds is 3. The molecule has 0 N–H and O–H groups in total. The van der Waals surface area contributed by atoms with E-state index in [1.165, 1.54) is 0 Å². The SMILES string of the molecule is C[C@H]1CCN(C(=O)COC(=O)c2c(F)cccc2F)c2ccccc2S1. The van der Waals surface area contributed by atoms with Crippen LogP contribution < -0.4 is 4.90 Å². The zero-order valence-electron chi connectivity index (χ0n) is 14.1. The number of ether oxygens (including phenoxy) is 1. The average molecular weight is 377 g/mol. The Balaban J connectivity index is 1.73. The zero-order chi connectivity index (χ0) is 18.7. The maximum Gasteiger partial charge on any atom is 0.344 e. The fraction of sp³-hybridized carbons (Fsp3) is 0.263. The molecule has 0 radical (unpaired) electrons. The van der Waals surface area contributed by atoms with E-state index in [0.717, 1.165) is 35.2 Å². The van der Waals surface area contributed by atoms with Gasteiger partial charge in [-0.1, -0.05) is 25.1 Å². The van der Waals surface area contributed by atoms with Gasteiger partial charge >= 0.3 is 5.97 Å². The van der Waals surface area contributed by atoms with Crippen molar-refractivity contribution in [2.24, 2.45) is 0 Å². The Hall–Kier alpha value is -2.41. The lowest BCUT2D eigenvalue weighted by Gasteiger charge is -2.22. The number of carbonyl (C=O) groups excluding carboxylic acids is 2. The maximum atomic E-state index is 13.6. The van der Waals surface area contributed by atoms with E-state index < -0.39 is 35.7 Å². The van der Waals surface area contributed by atoms with Gasteiger partial charge in [0, 0.05) is 16.7 Å². The largest absolute Gasteiger partial charge is 0.452 e. The number of hydrogen-bond donors (Lipinski definition) is 0. The quantitative estimate of drug-likeness (QED) is 0.758. The minimum absolute atomic E-state index is 0.337. The predicted octanol–water partition coefficient (Wildman–Crippen LogP) is 4.04. The first kappa shape index (κ1) is 18.4. The monoisotopic (exact) mass is 377 g/mol. The standard InChI is InChI=1S/C19H17F2NO3S/c1-12-9-10-22(15-7-2-3-8-16(15)26-12)17(23)11-25-19(24)18-13(20)5-4-6-14(18)21/h2-8,12H,9-11H2,1H3/t12-/m0/s1. The summed E-state index contributed by atoms with van der Waals surface area (Å²) in [6, 6.07) is 10.6. The van der Waals surface area contributed by atoms with Gasteiger partial charge in [-0.05, 0) is 30.7 Å². The van der Waals surface area contributed by atoms with E-state index in [1.54, 1.807) is 16.7 Å². The smallest absolute Gasteiger partial charge is 0.344 e. The van der Waals surface area contributed by atoms with Crippen LogP contribution in [0.1, 0.15) is 23.7 Å². The van der Waals surface area contributed by atoms with Crippen molar-refractivity contribution in [3.63, 3.8) is 0 Å². The predicted molar refractivity (Wildman–Crippen MR) is 95.4 cm³/mol. The second-order valence-electron chi connectivity index (χ2n) is 5.90. The molecule has 7 heteroatoms. The van der Waals surface area contributed by atoms with E-state index in [4.69, 9.17) is 4.74 Å². The van der Waals surface area contributed by atoms with Gasteiger partial charge < -0.3 is 9.64 Å². The molecule has 3 rings (SSSR count). The summed E-state index contributed by atoms with van der Waals surface area (Å²) in [5.74, 6) is -3.67. The normalized spacial score (nSPS) is 16.6. The first-order valence-electron chi connectivity index (χ1n) is 8.14. The number of nitrogens with zero attached hydrogens (tertiary/aromatic N) is 1. The summed E-state index contributed by atoms with van der Waals surface area (Å²) in [5.41, 5.74) is -0.0410. The van der Waals surface area contributed by atoms with Crippen molar-refractivity contribution >= 4 is 29.3 Å². The van der Waals surface area contributed by atoms with Crippen LogP contribution in [0.15, 0.2) is 47.4 Å². The van der Waals surface area contributed by atoms with Gasteiger partial charge in [0.1, 0.15) is 17.2 Å². The van der Waals surface area contributed by atoms with Gasteiger partial charge in [0.2, 0.25) is 0 Å². The molecular formula is C19H17F2NO3S. The molecule has 0 bridgehead atoms. The Bertz CT molecular complexity index is 823. The summed E-state index contributed by atoms with van der Waals surface area (Å²) in [5, 5.41) is 0.337. The Morgan fingerprint density at radius 3 is 2.58 bits per heavy atom. The van der Waals surface area contributed by atoms with Crippen LogP contribution in [0.3, 0.4) is 0 Å². The minimum Gasteiger partial charge on any atom is -0.452 e. The first-order valence-corrected chi connectivity index (χ1v) is 9.02. The van der Waals surface area contributed by atoms with Crippen LogP contribution in [-0.2, 0) is 9.53 Å². The first-order chi connectivity index (χ1) is 12.5. The second kappa shape index (κ2) is 7.86. The number of anilines is 1. The van der Waals surface area contributed by atoms with E-state index in [9.17, 15) is 18.4 Å². The fourth-order valence-electron chi connectivity index (χ4n) is 2.72. The number of amides is 1. The topological polar surface area (TPSA) is 46.6 Å². The van der Waals surface area contributed by atoms with Gasteiger partial charge in [-0.2, -0.15) is 0 Å². The molecule has 1 heterocycles. The molecule has 0 unspecified atom stereocenters. The Morgan fingerprint density at radius 2 is 1.85 bits per heavy atom. The molecule has 4 nitrogen and oxygen atoms in total. The van der Waals surface area contributed by atoms with E-state index >= 15 is 0 Å². The number of halogens is 2. The highest BCUT2D eigenvalue weighted by Crippen LogP contribution is 2.37. The van der Waals surface area contributed by atoms with Crippen LogP contribution in [-0.4, -0.2) is 30.3 Å². The lowest BCUT2D eigenvalue weighted by Crippen LogP contribution is -2.36. The Morgan fingerprint density at radius 1 is 1.15 bits per heavy atom. The molecular weight excluding hydrogens is 360 g/mol. The van der Waals surface area contributed by atoms with Crippen molar-refractivity contribution in [1.29, 1.82) is 0 Å². The van der Waals surface area contributed by atoms with Crippen molar-refractivity contribution in [3.05, 3.63) is 59.7 Å². The van der Waals surface area contributed by atoms with E-state index in [0.29, 0.717) is 11.8 Å². The van der Waals surface area contributed by atoms with Crippen molar-refractivity contribution in [1.82, 2.24) is 0 Å². The second-order valence-corrected chi connectivity index (χ2v) is 7.38. The minimum atomic E-state index is -1.19. The molecule has 0 spiro atoms. The van der Waals surface area contributed by atoms with Gasteiger partial charge in [-0.25, -0.2) is 13.6 Å². The molecule has 26 heavy (non-hydrogen) atoms. The summed E-state index contributed by atoms with van der Waals surface area (Å²) in [4.78, 5) is 27.1. The van der Waals surface area contributed by atoms with E-state index in [2.05, 4.69) is 6.92 Å². The molecule has 2 aromatic rings. The number of esters is 1. The van der Waals surface area contributed by atoms with Gasteiger partial charge in [0.25, 0.3) is 5.91 Å². The number of thioether (sulfide) groups is 1. The Labute approximate surface area is 154 Å². The van der Waals surface area contributed by atoms with Crippen molar-refractivity contribution in [3.8, 4) is 0 Å². The van der Waals surface area contributed by atoms with Gasteiger partial charge in [-0.3, -0.25) is 4.79 Å². The molecule has 1 atom stereocenters. The van der Waals surface area contributed by atoms with Gasteiger partial charge in [-0.15, -0.1) is 11.8 Å². The van der Waals surface area contributed by atoms with Crippen molar-refractivity contribution in [2.45, 2.75) is 23.5 Å². The van der Waals surface area contributed by atoms with Crippen LogP contribution in [0.2, 0.25) is 0 Å². The molecule has 2 aromatic carbocycles. The van der Waals surface area contributed by atoms with Crippen molar-refractivity contribution in [2.75, 3.05) is 18.1 Å². The summed E-state index contributed by atoms with van der Waals surface area (Å²) in [6.45, 7) is 1.98. The summed E-state index contributed by atoms with van der Waals surface area (Å²) in [7, 11) is 0. The van der Waals surface area contributed by atoms with Crippen LogP contribution in [0.25, 0.3) is 0 Å². The number of hydrogen-bond acceptors (Lipinski definition) is 4. The molecule has 1 amide bonds. The summed E-state index contributed by atoms with van der Waals surface area (Å²) in [6.07, 6.45) is 0.779. The number of benzene rings is 2. The lowest BCUT2D eigenvalue weighted by atomic mass is 10.2. The lowest BCUT2D eigenvalue weighted by molar-refractivity contribution is -0.121. The highest BCUT2D eigenvalue weighted by Gasteiger charge is 2.26. The number of fused-ring (bicyclic) bond motifs is 1. The van der Waals surface area contributed by atoms with Gasteiger partial charge in [0.15, 0.2) is 6.61 Å². The molecule has 0 saturated carbocycles. The molecule has 1 aliphatic rings. The fourth-order valence-corrected chi connectivity index (χ4v) is 3.83. The number of carbonyl (C=O) groups is 2. The molecule has 0 aliphatic carbocycles. The van der Waals surface area contributed by atoms with Crippen LogP contribution >= 0.6 is 11.8 Å². The van der Waals surface area contributed by atoms with E-state index in [1.807, 2.05) is 24.3 Å². The highest BCUT2D eigenvalue weighted by atomic mass is 32.2. The molecule has 0 aromatic heterocycles. The Kier molecular flexibility index (Phi) is 5.56. The van der Waals surface area contributed by atoms with Crippen LogP contribution in [0.4, 0.5) is 14.5 Å². The molecule has 0 saturated heterocycles. The van der Waals surface area contributed by atoms with Gasteiger partial charge in [0.05, 0.1) is 5.69 Å².